The molecule has 1 aliphatic carbocycles. The van der Waals surface area contributed by atoms with Crippen molar-refractivity contribution in [2.24, 2.45) is 5.92 Å². The van der Waals surface area contributed by atoms with Gasteiger partial charge in [0, 0.05) is 24.1 Å². The summed E-state index contributed by atoms with van der Waals surface area (Å²) in [5, 5.41) is 6.66. The number of alkyl halides is 2. The molecule has 0 amide bonds. The van der Waals surface area contributed by atoms with Gasteiger partial charge in [-0.3, -0.25) is 9.89 Å². The molecule has 3 nitrogen and oxygen atoms in total. The quantitative estimate of drug-likeness (QED) is 0.790. The highest BCUT2D eigenvalue weighted by atomic mass is 19.3. The highest BCUT2D eigenvalue weighted by molar-refractivity contribution is 5.93. The van der Waals surface area contributed by atoms with Gasteiger partial charge < -0.3 is 0 Å². The van der Waals surface area contributed by atoms with Gasteiger partial charge in [0.15, 0.2) is 5.78 Å². The second kappa shape index (κ2) is 3.64. The van der Waals surface area contributed by atoms with Crippen LogP contribution in [0, 0.1) is 5.92 Å². The molecule has 1 heterocycles. The summed E-state index contributed by atoms with van der Waals surface area (Å²) in [5.74, 6) is -3.54. The number of carbonyl (C=O) groups excluding carboxylic acids is 1. The third kappa shape index (κ3) is 1.86. The van der Waals surface area contributed by atoms with Crippen molar-refractivity contribution in [1.29, 1.82) is 0 Å². The molecule has 1 atom stereocenters. The first-order valence-electron chi connectivity index (χ1n) is 5.34. The van der Waals surface area contributed by atoms with Crippen LogP contribution in [-0.2, 0) is 12.8 Å². The Balaban J connectivity index is 2.31. The summed E-state index contributed by atoms with van der Waals surface area (Å²) in [7, 11) is 0. The van der Waals surface area contributed by atoms with Gasteiger partial charge in [0.1, 0.15) is 5.69 Å². The molecule has 16 heavy (non-hydrogen) atoms. The van der Waals surface area contributed by atoms with Crippen LogP contribution in [0.5, 0.6) is 0 Å². The van der Waals surface area contributed by atoms with Crippen molar-refractivity contribution in [2.75, 3.05) is 0 Å². The number of ketones is 1. The standard InChI is InChI=1S/C11H14F2N2O/c1-6(16)10-8-5-7(11(2,12)13)3-4-9(8)14-15-10/h7H,3-5H2,1-2H3,(H,14,15)/t7-/m0/s1. The molecule has 0 fully saturated rings. The zero-order valence-corrected chi connectivity index (χ0v) is 9.31. The van der Waals surface area contributed by atoms with E-state index in [1.807, 2.05) is 0 Å². The third-order valence-electron chi connectivity index (χ3n) is 3.20. The van der Waals surface area contributed by atoms with Gasteiger partial charge in [-0.2, -0.15) is 5.10 Å². The molecule has 0 spiro atoms. The Hall–Kier alpha value is -1.26. The van der Waals surface area contributed by atoms with E-state index in [0.29, 0.717) is 24.1 Å². The van der Waals surface area contributed by atoms with E-state index in [0.717, 1.165) is 12.6 Å². The Morgan fingerprint density at radius 2 is 2.25 bits per heavy atom. The van der Waals surface area contributed by atoms with E-state index < -0.39 is 11.8 Å². The second-order valence-corrected chi connectivity index (χ2v) is 4.48. The minimum atomic E-state index is -2.69. The molecule has 5 heteroatoms. The molecule has 1 aliphatic rings. The zero-order valence-electron chi connectivity index (χ0n) is 9.31. The van der Waals surface area contributed by atoms with Crippen molar-refractivity contribution >= 4 is 5.78 Å². The lowest BCUT2D eigenvalue weighted by atomic mass is 9.82. The number of nitrogens with zero attached hydrogens (tertiary/aromatic N) is 1. The van der Waals surface area contributed by atoms with Gasteiger partial charge in [-0.1, -0.05) is 0 Å². The first-order valence-corrected chi connectivity index (χ1v) is 5.34. The molecule has 88 valence electrons. The van der Waals surface area contributed by atoms with Crippen LogP contribution >= 0.6 is 0 Å². The number of aromatic nitrogens is 2. The molecule has 0 bridgehead atoms. The Bertz CT molecular complexity index is 420. The maximum absolute atomic E-state index is 13.2. The maximum atomic E-state index is 13.2. The van der Waals surface area contributed by atoms with Gasteiger partial charge in [0.2, 0.25) is 5.92 Å². The summed E-state index contributed by atoms with van der Waals surface area (Å²) in [5.41, 5.74) is 1.85. The summed E-state index contributed by atoms with van der Waals surface area (Å²) < 4.78 is 26.5. The van der Waals surface area contributed by atoms with E-state index >= 15 is 0 Å². The fourth-order valence-corrected chi connectivity index (χ4v) is 2.22. The van der Waals surface area contributed by atoms with E-state index in [1.54, 1.807) is 0 Å². The van der Waals surface area contributed by atoms with Gasteiger partial charge in [-0.15, -0.1) is 0 Å². The number of nitrogens with one attached hydrogen (secondary N) is 1. The van der Waals surface area contributed by atoms with Gasteiger partial charge in [-0.25, -0.2) is 8.78 Å². The number of hydrogen-bond acceptors (Lipinski definition) is 2. The van der Waals surface area contributed by atoms with Crippen LogP contribution in [0.3, 0.4) is 0 Å². The lowest BCUT2D eigenvalue weighted by molar-refractivity contribution is -0.0446. The van der Waals surface area contributed by atoms with Gasteiger partial charge in [0.25, 0.3) is 0 Å². The van der Waals surface area contributed by atoms with E-state index in [-0.39, 0.29) is 12.2 Å². The number of H-pyrrole nitrogens is 1. The Morgan fingerprint density at radius 1 is 1.56 bits per heavy atom. The van der Waals surface area contributed by atoms with Crippen LogP contribution in [0.15, 0.2) is 0 Å². The average Bonchev–Trinajstić information content (AvgIpc) is 2.58. The summed E-state index contributed by atoms with van der Waals surface area (Å²) >= 11 is 0. The fraction of sp³-hybridized carbons (Fsp3) is 0.636. The largest absolute Gasteiger partial charge is 0.293 e. The smallest absolute Gasteiger partial charge is 0.248 e. The van der Waals surface area contributed by atoms with E-state index in [9.17, 15) is 13.6 Å². The minimum Gasteiger partial charge on any atom is -0.293 e. The van der Waals surface area contributed by atoms with Crippen LogP contribution < -0.4 is 0 Å². The molecular weight excluding hydrogens is 214 g/mol. The Labute approximate surface area is 92.2 Å². The third-order valence-corrected chi connectivity index (χ3v) is 3.20. The summed E-state index contributed by atoms with van der Waals surface area (Å²) in [6.07, 6.45) is 1.23. The number of Topliss-reactive ketones (excluding diaryl/α,β-unsaturated/α-hetero) is 1. The SMILES string of the molecule is CC(=O)c1n[nH]c2c1C[C@@H](C(C)(F)F)CC2. The summed E-state index contributed by atoms with van der Waals surface area (Å²) in [6.45, 7) is 2.35. The number of hydrogen-bond donors (Lipinski definition) is 1. The van der Waals surface area contributed by atoms with Crippen molar-refractivity contribution < 1.29 is 13.6 Å². The number of carbonyl (C=O) groups is 1. The van der Waals surface area contributed by atoms with Crippen LogP contribution in [0.25, 0.3) is 0 Å². The molecule has 2 rings (SSSR count). The van der Waals surface area contributed by atoms with Crippen molar-refractivity contribution in [3.05, 3.63) is 17.0 Å². The van der Waals surface area contributed by atoms with Gasteiger partial charge >= 0.3 is 0 Å². The number of aromatic amines is 1. The van der Waals surface area contributed by atoms with Crippen LogP contribution in [-0.4, -0.2) is 21.9 Å². The lowest BCUT2D eigenvalue weighted by Crippen LogP contribution is -2.30. The average molecular weight is 228 g/mol. The van der Waals surface area contributed by atoms with E-state index in [2.05, 4.69) is 10.2 Å². The van der Waals surface area contributed by atoms with E-state index in [4.69, 9.17) is 0 Å². The first-order chi connectivity index (χ1) is 7.39. The molecule has 0 radical (unpaired) electrons. The molecule has 0 saturated carbocycles. The van der Waals surface area contributed by atoms with Crippen LogP contribution in [0.1, 0.15) is 42.0 Å². The Kier molecular flexibility index (Phi) is 2.56. The molecule has 1 aromatic heterocycles. The van der Waals surface area contributed by atoms with E-state index in [1.165, 1.54) is 6.92 Å². The molecule has 0 saturated heterocycles. The van der Waals surface area contributed by atoms with Gasteiger partial charge in [0.05, 0.1) is 0 Å². The van der Waals surface area contributed by atoms with Gasteiger partial charge in [-0.05, 0) is 26.2 Å². The highest BCUT2D eigenvalue weighted by Crippen LogP contribution is 2.36. The highest BCUT2D eigenvalue weighted by Gasteiger charge is 2.38. The minimum absolute atomic E-state index is 0.169. The Morgan fingerprint density at radius 3 is 2.81 bits per heavy atom. The number of aryl methyl sites for hydroxylation is 1. The maximum Gasteiger partial charge on any atom is 0.248 e. The van der Waals surface area contributed by atoms with Crippen molar-refractivity contribution in [2.45, 2.75) is 39.0 Å². The molecular formula is C11H14F2N2O. The second-order valence-electron chi connectivity index (χ2n) is 4.48. The molecule has 0 unspecified atom stereocenters. The predicted octanol–water partition coefficient (Wildman–Crippen LogP) is 2.37. The molecule has 1 N–H and O–H groups in total. The predicted molar refractivity (Wildman–Crippen MR) is 54.7 cm³/mol. The van der Waals surface area contributed by atoms with Crippen molar-refractivity contribution in [1.82, 2.24) is 10.2 Å². The summed E-state index contributed by atoms with van der Waals surface area (Å²) in [6, 6.07) is 0. The number of rotatable bonds is 2. The number of fused-ring (bicyclic) bond motifs is 1. The zero-order chi connectivity index (χ0) is 11.9. The normalized spacial score (nSPS) is 20.6. The number of halogens is 2. The van der Waals surface area contributed by atoms with Crippen LogP contribution in [0.4, 0.5) is 8.78 Å². The van der Waals surface area contributed by atoms with Crippen molar-refractivity contribution in [3.8, 4) is 0 Å². The molecule has 0 aromatic carbocycles. The topological polar surface area (TPSA) is 45.8 Å². The molecule has 0 aliphatic heterocycles. The van der Waals surface area contributed by atoms with Crippen LogP contribution in [0.2, 0.25) is 0 Å². The first kappa shape index (κ1) is 11.2. The van der Waals surface area contributed by atoms with Crippen molar-refractivity contribution in [3.63, 3.8) is 0 Å². The monoisotopic (exact) mass is 228 g/mol. The summed E-state index contributed by atoms with van der Waals surface area (Å²) in [4.78, 5) is 11.3. The lowest BCUT2D eigenvalue weighted by Gasteiger charge is -2.27. The molecule has 1 aromatic rings. The fourth-order valence-electron chi connectivity index (χ4n) is 2.22.